The maximum Gasteiger partial charge on any atom is 0.0960 e. The highest BCUT2D eigenvalue weighted by atomic mass is 16.3. The second-order valence-electron chi connectivity index (χ2n) is 4.09. The normalized spacial score (nSPS) is 12.9. The van der Waals surface area contributed by atoms with Gasteiger partial charge in [-0.3, -0.25) is 4.98 Å². The molecule has 2 aromatic rings. The summed E-state index contributed by atoms with van der Waals surface area (Å²) in [5.41, 5.74) is 1.74. The molecule has 0 saturated carbocycles. The Balaban J connectivity index is 2.25. The Morgan fingerprint density at radius 3 is 2.81 bits per heavy atom. The molecule has 2 rings (SSSR count). The fourth-order valence-corrected chi connectivity index (χ4v) is 1.81. The number of fused-ring (bicyclic) bond motifs is 1. The molecule has 0 aliphatic heterocycles. The zero-order valence-electron chi connectivity index (χ0n) is 9.56. The summed E-state index contributed by atoms with van der Waals surface area (Å²) in [6.45, 7) is 2.13. The Labute approximate surface area is 96.0 Å². The number of hydrogen-bond donors (Lipinski definition) is 1. The number of unbranched alkanes of at least 4 members (excludes halogenated alkanes) is 1. The van der Waals surface area contributed by atoms with Gasteiger partial charge in [-0.05, 0) is 18.6 Å². The average molecular weight is 215 g/mol. The summed E-state index contributed by atoms with van der Waals surface area (Å²) in [6.07, 6.45) is 2.51. The molecule has 0 saturated heterocycles. The summed E-state index contributed by atoms with van der Waals surface area (Å²) < 4.78 is 0. The molecule has 0 spiro atoms. The molecule has 2 nitrogen and oxygen atoms in total. The minimum atomic E-state index is -0.426. The third-order valence-electron chi connectivity index (χ3n) is 2.79. The molecule has 0 aliphatic rings. The van der Waals surface area contributed by atoms with Gasteiger partial charge in [0.15, 0.2) is 0 Å². The van der Waals surface area contributed by atoms with Crippen LogP contribution in [-0.2, 0) is 0 Å². The first kappa shape index (κ1) is 11.1. The maximum atomic E-state index is 9.95. The van der Waals surface area contributed by atoms with Crippen LogP contribution in [0.5, 0.6) is 0 Å². The lowest BCUT2D eigenvalue weighted by Crippen LogP contribution is -2.00. The second kappa shape index (κ2) is 5.08. The van der Waals surface area contributed by atoms with Crippen LogP contribution in [0.2, 0.25) is 0 Å². The van der Waals surface area contributed by atoms with Crippen LogP contribution in [-0.4, -0.2) is 10.1 Å². The molecule has 1 unspecified atom stereocenters. The van der Waals surface area contributed by atoms with Crippen LogP contribution in [0.25, 0.3) is 10.9 Å². The lowest BCUT2D eigenvalue weighted by molar-refractivity contribution is 0.160. The van der Waals surface area contributed by atoms with E-state index in [1.165, 1.54) is 0 Å². The van der Waals surface area contributed by atoms with Gasteiger partial charge < -0.3 is 5.11 Å². The van der Waals surface area contributed by atoms with E-state index in [9.17, 15) is 5.11 Å². The lowest BCUT2D eigenvalue weighted by Gasteiger charge is -2.09. The summed E-state index contributed by atoms with van der Waals surface area (Å²) in [5, 5.41) is 11.1. The molecule has 0 radical (unpaired) electrons. The van der Waals surface area contributed by atoms with Crippen LogP contribution < -0.4 is 0 Å². The number of nitrogens with zero attached hydrogens (tertiary/aromatic N) is 1. The SMILES string of the molecule is CCCCC(O)c1ccc2ccccc2n1. The van der Waals surface area contributed by atoms with Gasteiger partial charge in [0, 0.05) is 5.39 Å². The Morgan fingerprint density at radius 2 is 2.00 bits per heavy atom. The van der Waals surface area contributed by atoms with Gasteiger partial charge in [0.25, 0.3) is 0 Å². The first-order chi connectivity index (χ1) is 7.81. The first-order valence-corrected chi connectivity index (χ1v) is 5.85. The molecule has 1 aromatic heterocycles. The average Bonchev–Trinajstić information content (AvgIpc) is 2.35. The zero-order chi connectivity index (χ0) is 11.4. The van der Waals surface area contributed by atoms with E-state index in [-0.39, 0.29) is 0 Å². The van der Waals surface area contributed by atoms with E-state index < -0.39 is 6.10 Å². The van der Waals surface area contributed by atoms with Gasteiger partial charge in [0.2, 0.25) is 0 Å². The van der Waals surface area contributed by atoms with E-state index in [1.807, 2.05) is 36.4 Å². The molecular formula is C14H17NO. The molecule has 0 aliphatic carbocycles. The molecular weight excluding hydrogens is 198 g/mol. The third-order valence-corrected chi connectivity index (χ3v) is 2.79. The third kappa shape index (κ3) is 2.39. The van der Waals surface area contributed by atoms with Gasteiger partial charge in [0.1, 0.15) is 0 Å². The first-order valence-electron chi connectivity index (χ1n) is 5.85. The van der Waals surface area contributed by atoms with Crippen molar-refractivity contribution < 1.29 is 5.11 Å². The van der Waals surface area contributed by atoms with Crippen molar-refractivity contribution in [3.8, 4) is 0 Å². The Bertz CT molecular complexity index is 467. The van der Waals surface area contributed by atoms with Crippen molar-refractivity contribution in [2.45, 2.75) is 32.3 Å². The smallest absolute Gasteiger partial charge is 0.0960 e. The van der Waals surface area contributed by atoms with E-state index in [2.05, 4.69) is 11.9 Å². The lowest BCUT2D eigenvalue weighted by atomic mass is 10.1. The number of benzene rings is 1. The number of para-hydroxylation sites is 1. The van der Waals surface area contributed by atoms with Crippen molar-refractivity contribution in [1.29, 1.82) is 0 Å². The number of aliphatic hydroxyl groups excluding tert-OH is 1. The Morgan fingerprint density at radius 1 is 1.19 bits per heavy atom. The second-order valence-corrected chi connectivity index (χ2v) is 4.09. The predicted octanol–water partition coefficient (Wildman–Crippen LogP) is 3.46. The quantitative estimate of drug-likeness (QED) is 0.847. The van der Waals surface area contributed by atoms with Gasteiger partial charge in [-0.2, -0.15) is 0 Å². The van der Waals surface area contributed by atoms with Gasteiger partial charge in [-0.1, -0.05) is 44.0 Å². The summed E-state index contributed by atoms with van der Waals surface area (Å²) in [4.78, 5) is 4.48. The highest BCUT2D eigenvalue weighted by Gasteiger charge is 2.08. The van der Waals surface area contributed by atoms with Gasteiger partial charge in [-0.25, -0.2) is 0 Å². The molecule has 1 N–H and O–H groups in total. The topological polar surface area (TPSA) is 33.1 Å². The van der Waals surface area contributed by atoms with Gasteiger partial charge in [-0.15, -0.1) is 0 Å². The molecule has 2 heteroatoms. The van der Waals surface area contributed by atoms with E-state index >= 15 is 0 Å². The largest absolute Gasteiger partial charge is 0.387 e. The number of pyridine rings is 1. The standard InChI is InChI=1S/C14H17NO/c1-2-3-8-14(16)13-10-9-11-6-4-5-7-12(11)15-13/h4-7,9-10,14,16H,2-3,8H2,1H3. The minimum Gasteiger partial charge on any atom is -0.387 e. The van der Waals surface area contributed by atoms with Crippen molar-refractivity contribution in [2.75, 3.05) is 0 Å². The molecule has 0 bridgehead atoms. The number of aliphatic hydroxyl groups is 1. The zero-order valence-corrected chi connectivity index (χ0v) is 9.56. The highest BCUT2D eigenvalue weighted by Crippen LogP contribution is 2.20. The number of aromatic nitrogens is 1. The van der Waals surface area contributed by atoms with Crippen LogP contribution in [0.3, 0.4) is 0 Å². The van der Waals surface area contributed by atoms with E-state index in [0.29, 0.717) is 0 Å². The summed E-state index contributed by atoms with van der Waals surface area (Å²) >= 11 is 0. The van der Waals surface area contributed by atoms with Crippen molar-refractivity contribution >= 4 is 10.9 Å². The maximum absolute atomic E-state index is 9.95. The van der Waals surface area contributed by atoms with Crippen LogP contribution >= 0.6 is 0 Å². The fraction of sp³-hybridized carbons (Fsp3) is 0.357. The van der Waals surface area contributed by atoms with Crippen LogP contribution in [0.4, 0.5) is 0 Å². The molecule has 1 aromatic carbocycles. The van der Waals surface area contributed by atoms with Crippen molar-refractivity contribution in [3.05, 3.63) is 42.1 Å². The Kier molecular flexibility index (Phi) is 3.52. The van der Waals surface area contributed by atoms with E-state index in [1.54, 1.807) is 0 Å². The molecule has 16 heavy (non-hydrogen) atoms. The number of hydrogen-bond acceptors (Lipinski definition) is 2. The number of rotatable bonds is 4. The predicted molar refractivity (Wildman–Crippen MR) is 66.2 cm³/mol. The highest BCUT2D eigenvalue weighted by molar-refractivity contribution is 5.78. The van der Waals surface area contributed by atoms with E-state index in [4.69, 9.17) is 0 Å². The molecule has 1 atom stereocenters. The minimum absolute atomic E-state index is 0.426. The Hall–Kier alpha value is -1.41. The van der Waals surface area contributed by atoms with Crippen LogP contribution in [0.1, 0.15) is 38.0 Å². The van der Waals surface area contributed by atoms with Gasteiger partial charge >= 0.3 is 0 Å². The molecule has 0 amide bonds. The summed E-state index contributed by atoms with van der Waals surface area (Å²) in [7, 11) is 0. The van der Waals surface area contributed by atoms with E-state index in [0.717, 1.165) is 35.9 Å². The summed E-state index contributed by atoms with van der Waals surface area (Å²) in [6, 6.07) is 11.9. The van der Waals surface area contributed by atoms with Gasteiger partial charge in [0.05, 0.1) is 17.3 Å². The fourth-order valence-electron chi connectivity index (χ4n) is 1.81. The van der Waals surface area contributed by atoms with Crippen molar-refractivity contribution in [3.63, 3.8) is 0 Å². The monoisotopic (exact) mass is 215 g/mol. The van der Waals surface area contributed by atoms with Crippen molar-refractivity contribution in [1.82, 2.24) is 4.98 Å². The van der Waals surface area contributed by atoms with Crippen LogP contribution in [0, 0.1) is 0 Å². The molecule has 1 heterocycles. The summed E-state index contributed by atoms with van der Waals surface area (Å²) in [5.74, 6) is 0. The molecule has 0 fully saturated rings. The van der Waals surface area contributed by atoms with Crippen molar-refractivity contribution in [2.24, 2.45) is 0 Å². The molecule has 84 valence electrons. The van der Waals surface area contributed by atoms with Crippen LogP contribution in [0.15, 0.2) is 36.4 Å².